The van der Waals surface area contributed by atoms with Crippen LogP contribution in [-0.4, -0.2) is 15.3 Å². The van der Waals surface area contributed by atoms with Crippen LogP contribution in [0.25, 0.3) is 11.5 Å². The Hall–Kier alpha value is -1.63. The molecule has 0 fully saturated rings. The zero-order valence-electron chi connectivity index (χ0n) is 9.95. The van der Waals surface area contributed by atoms with Crippen LogP contribution in [0.2, 0.25) is 5.02 Å². The normalized spacial score (nSPS) is 10.7. The predicted octanol–water partition coefficient (Wildman–Crippen LogP) is 4.38. The molecular weight excluding hydrogens is 316 g/mol. The first-order chi connectivity index (χ1) is 9.74. The predicted molar refractivity (Wildman–Crippen MR) is 79.3 cm³/mol. The van der Waals surface area contributed by atoms with E-state index in [1.807, 2.05) is 23.6 Å². The molecule has 0 radical (unpaired) electrons. The number of hydrogen-bond acceptors (Lipinski definition) is 6. The molecule has 0 aliphatic rings. The van der Waals surface area contributed by atoms with Crippen LogP contribution >= 0.6 is 34.7 Å². The van der Waals surface area contributed by atoms with E-state index in [1.54, 1.807) is 18.2 Å². The smallest absolute Gasteiger partial charge is 0.284 e. The van der Waals surface area contributed by atoms with Crippen molar-refractivity contribution in [2.45, 2.75) is 5.22 Å². The number of rotatable bonds is 3. The highest BCUT2D eigenvalue weighted by molar-refractivity contribution is 8.14. The number of halogens is 1. The van der Waals surface area contributed by atoms with E-state index < -0.39 is 0 Å². The number of carbonyl (C=O) groups is 1. The second-order valence-corrected chi connectivity index (χ2v) is 6.00. The lowest BCUT2D eigenvalue weighted by Gasteiger charge is -1.96. The molecule has 0 N–H and O–H groups in total. The number of benzene rings is 1. The van der Waals surface area contributed by atoms with Gasteiger partial charge in [0.15, 0.2) is 0 Å². The zero-order valence-corrected chi connectivity index (χ0v) is 12.3. The van der Waals surface area contributed by atoms with Crippen LogP contribution in [0.3, 0.4) is 0 Å². The summed E-state index contributed by atoms with van der Waals surface area (Å²) in [6, 6.07) is 10.7. The number of nitrogens with zero attached hydrogens (tertiary/aromatic N) is 2. The SMILES string of the molecule is O=C(Sc1nnc(-c2ccccc2Cl)o1)c1cccs1. The third-order valence-corrected chi connectivity index (χ3v) is 4.49. The summed E-state index contributed by atoms with van der Waals surface area (Å²) < 4.78 is 5.46. The average molecular weight is 323 g/mol. The number of thioether (sulfide) groups is 1. The molecule has 0 saturated carbocycles. The van der Waals surface area contributed by atoms with Gasteiger partial charge < -0.3 is 4.42 Å². The van der Waals surface area contributed by atoms with Gasteiger partial charge in [-0.1, -0.05) is 29.8 Å². The zero-order chi connectivity index (χ0) is 13.9. The summed E-state index contributed by atoms with van der Waals surface area (Å²) in [6.07, 6.45) is 0. The van der Waals surface area contributed by atoms with E-state index in [9.17, 15) is 4.79 Å². The maximum atomic E-state index is 11.9. The van der Waals surface area contributed by atoms with Crippen LogP contribution in [0.15, 0.2) is 51.4 Å². The Morgan fingerprint density at radius 3 is 2.80 bits per heavy atom. The summed E-state index contributed by atoms with van der Waals surface area (Å²) in [6.45, 7) is 0. The molecule has 2 heterocycles. The van der Waals surface area contributed by atoms with Crippen molar-refractivity contribution in [1.29, 1.82) is 0 Å². The molecule has 0 saturated heterocycles. The van der Waals surface area contributed by atoms with E-state index in [0.29, 0.717) is 21.4 Å². The lowest BCUT2D eigenvalue weighted by Crippen LogP contribution is -1.88. The fraction of sp³-hybridized carbons (Fsp3) is 0. The largest absolute Gasteiger partial charge is 0.411 e. The van der Waals surface area contributed by atoms with Crippen molar-refractivity contribution in [3.05, 3.63) is 51.7 Å². The summed E-state index contributed by atoms with van der Waals surface area (Å²) in [7, 11) is 0. The first-order valence-electron chi connectivity index (χ1n) is 5.58. The highest BCUT2D eigenvalue weighted by Gasteiger charge is 2.16. The fourth-order valence-corrected chi connectivity index (χ4v) is 3.09. The molecule has 4 nitrogen and oxygen atoms in total. The molecule has 7 heteroatoms. The molecular formula is C13H7ClN2O2S2. The Labute approximate surface area is 127 Å². The molecule has 2 aromatic heterocycles. The third kappa shape index (κ3) is 2.77. The summed E-state index contributed by atoms with van der Waals surface area (Å²) in [5.41, 5.74) is 0.650. The molecule has 0 spiro atoms. The summed E-state index contributed by atoms with van der Waals surface area (Å²) in [5.74, 6) is 0.303. The van der Waals surface area contributed by atoms with Gasteiger partial charge in [0.25, 0.3) is 5.22 Å². The Morgan fingerprint density at radius 2 is 2.05 bits per heavy atom. The Kier molecular flexibility index (Phi) is 3.86. The Morgan fingerprint density at radius 1 is 1.20 bits per heavy atom. The van der Waals surface area contributed by atoms with E-state index in [-0.39, 0.29) is 10.3 Å². The first kappa shape index (κ1) is 13.4. The van der Waals surface area contributed by atoms with Gasteiger partial charge >= 0.3 is 0 Å². The van der Waals surface area contributed by atoms with Gasteiger partial charge in [-0.3, -0.25) is 4.79 Å². The van der Waals surface area contributed by atoms with E-state index >= 15 is 0 Å². The molecule has 0 atom stereocenters. The molecule has 0 amide bonds. The summed E-state index contributed by atoms with van der Waals surface area (Å²) >= 11 is 8.34. The third-order valence-electron chi connectivity index (χ3n) is 2.41. The van der Waals surface area contributed by atoms with Crippen LogP contribution < -0.4 is 0 Å². The topological polar surface area (TPSA) is 56.0 Å². The molecule has 1 aromatic carbocycles. The van der Waals surface area contributed by atoms with Crippen molar-refractivity contribution in [3.63, 3.8) is 0 Å². The number of carbonyl (C=O) groups excluding carboxylic acids is 1. The van der Waals surface area contributed by atoms with Crippen LogP contribution in [-0.2, 0) is 0 Å². The van der Waals surface area contributed by atoms with Crippen LogP contribution in [0.1, 0.15) is 9.67 Å². The molecule has 3 aromatic rings. The summed E-state index contributed by atoms with van der Waals surface area (Å²) in [5, 5.41) is 10.2. The molecule has 100 valence electrons. The van der Waals surface area contributed by atoms with Gasteiger partial charge in [-0.05, 0) is 23.6 Å². The highest BCUT2D eigenvalue weighted by atomic mass is 35.5. The standard InChI is InChI=1S/C13H7ClN2O2S2/c14-9-5-2-1-4-8(9)11-15-16-13(18-11)20-12(17)10-6-3-7-19-10/h1-7H. The van der Waals surface area contributed by atoms with Gasteiger partial charge in [-0.15, -0.1) is 21.5 Å². The maximum Gasteiger partial charge on any atom is 0.284 e. The van der Waals surface area contributed by atoms with Crippen molar-refractivity contribution in [2.24, 2.45) is 0 Å². The number of aromatic nitrogens is 2. The van der Waals surface area contributed by atoms with Crippen molar-refractivity contribution in [1.82, 2.24) is 10.2 Å². The van der Waals surface area contributed by atoms with Gasteiger partial charge in [-0.25, -0.2) is 0 Å². The molecule has 0 unspecified atom stereocenters. The monoisotopic (exact) mass is 322 g/mol. The molecule has 0 aliphatic carbocycles. The quantitative estimate of drug-likeness (QED) is 0.670. The minimum Gasteiger partial charge on any atom is -0.411 e. The Balaban J connectivity index is 1.81. The van der Waals surface area contributed by atoms with E-state index in [2.05, 4.69) is 10.2 Å². The lowest BCUT2D eigenvalue weighted by atomic mass is 10.2. The minimum absolute atomic E-state index is 0.116. The van der Waals surface area contributed by atoms with Crippen LogP contribution in [0.4, 0.5) is 0 Å². The summed E-state index contributed by atoms with van der Waals surface area (Å²) in [4.78, 5) is 12.6. The van der Waals surface area contributed by atoms with E-state index in [0.717, 1.165) is 11.8 Å². The number of hydrogen-bond donors (Lipinski definition) is 0. The van der Waals surface area contributed by atoms with E-state index in [4.69, 9.17) is 16.0 Å². The van der Waals surface area contributed by atoms with Crippen molar-refractivity contribution in [2.75, 3.05) is 0 Å². The molecule has 0 bridgehead atoms. The van der Waals surface area contributed by atoms with Crippen molar-refractivity contribution >= 4 is 39.8 Å². The van der Waals surface area contributed by atoms with Gasteiger partial charge in [0.2, 0.25) is 11.0 Å². The van der Waals surface area contributed by atoms with Crippen LogP contribution in [0.5, 0.6) is 0 Å². The van der Waals surface area contributed by atoms with Gasteiger partial charge in [0, 0.05) is 11.8 Å². The highest BCUT2D eigenvalue weighted by Crippen LogP contribution is 2.30. The fourth-order valence-electron chi connectivity index (χ4n) is 1.52. The molecule has 0 aliphatic heterocycles. The van der Waals surface area contributed by atoms with Gasteiger partial charge in [0.05, 0.1) is 15.5 Å². The second kappa shape index (κ2) is 5.78. The van der Waals surface area contributed by atoms with Crippen molar-refractivity contribution in [3.8, 4) is 11.5 Å². The number of thiophene rings is 1. The van der Waals surface area contributed by atoms with Gasteiger partial charge in [0.1, 0.15) is 0 Å². The van der Waals surface area contributed by atoms with Crippen LogP contribution in [0, 0.1) is 0 Å². The van der Waals surface area contributed by atoms with E-state index in [1.165, 1.54) is 11.3 Å². The first-order valence-corrected chi connectivity index (χ1v) is 7.65. The second-order valence-electron chi connectivity index (χ2n) is 3.72. The van der Waals surface area contributed by atoms with Gasteiger partial charge in [-0.2, -0.15) is 0 Å². The Bertz CT molecular complexity index is 740. The minimum atomic E-state index is -0.116. The molecule has 3 rings (SSSR count). The lowest BCUT2D eigenvalue weighted by molar-refractivity contribution is 0.109. The van der Waals surface area contributed by atoms with Crippen molar-refractivity contribution < 1.29 is 9.21 Å². The maximum absolute atomic E-state index is 11.9. The average Bonchev–Trinajstić information content (AvgIpc) is 3.10. The molecule has 20 heavy (non-hydrogen) atoms.